The number of hydrogen-bond acceptors (Lipinski definition) is 8. The van der Waals surface area contributed by atoms with Gasteiger partial charge >= 0.3 is 0 Å². The van der Waals surface area contributed by atoms with Crippen molar-refractivity contribution in [1.82, 2.24) is 4.72 Å². The molecule has 12 heteroatoms. The third-order valence-corrected chi connectivity index (χ3v) is 12.6. The number of sulfone groups is 1. The summed E-state index contributed by atoms with van der Waals surface area (Å²) in [6.07, 6.45) is 8.66. The summed E-state index contributed by atoms with van der Waals surface area (Å²) < 4.78 is 64.4. The Morgan fingerprint density at radius 3 is 2.71 bits per heavy atom. The quantitative estimate of drug-likeness (QED) is 0.485. The molecular formula is C33H43ClN2O7S2. The molecular weight excluding hydrogens is 636 g/mol. The summed E-state index contributed by atoms with van der Waals surface area (Å²) in [5, 5.41) is 0.721. The Morgan fingerprint density at radius 2 is 1.93 bits per heavy atom. The third kappa shape index (κ3) is 7.47. The van der Waals surface area contributed by atoms with E-state index in [1.807, 2.05) is 6.07 Å². The van der Waals surface area contributed by atoms with Crippen molar-refractivity contribution in [3.8, 4) is 5.75 Å². The number of aryl methyl sites for hydroxylation is 1. The van der Waals surface area contributed by atoms with Gasteiger partial charge in [-0.05, 0) is 98.2 Å². The molecule has 2 aliphatic heterocycles. The maximum absolute atomic E-state index is 13.2. The fourth-order valence-corrected chi connectivity index (χ4v) is 9.37. The molecule has 4 aliphatic rings. The molecule has 0 unspecified atom stereocenters. The highest BCUT2D eigenvalue weighted by atomic mass is 35.5. The summed E-state index contributed by atoms with van der Waals surface area (Å²) in [5.41, 5.74) is 3.26. The monoisotopic (exact) mass is 678 g/mol. The van der Waals surface area contributed by atoms with Crippen LogP contribution in [-0.4, -0.2) is 72.9 Å². The highest BCUT2D eigenvalue weighted by Gasteiger charge is 2.44. The van der Waals surface area contributed by atoms with Gasteiger partial charge in [-0.1, -0.05) is 30.5 Å². The molecule has 4 atom stereocenters. The summed E-state index contributed by atoms with van der Waals surface area (Å²) in [7, 11) is -6.97. The largest absolute Gasteiger partial charge is 0.490 e. The second kappa shape index (κ2) is 13.0. The van der Waals surface area contributed by atoms with Crippen LogP contribution in [0.25, 0.3) is 0 Å². The first-order valence-corrected chi connectivity index (χ1v) is 20.2. The number of ether oxygens (including phenoxy) is 2. The number of fused-ring (bicyclic) bond motifs is 4. The molecule has 1 N–H and O–H groups in total. The Morgan fingerprint density at radius 1 is 1.09 bits per heavy atom. The average Bonchev–Trinajstić information content (AvgIpc) is 3.10. The van der Waals surface area contributed by atoms with Crippen molar-refractivity contribution in [2.75, 3.05) is 49.0 Å². The number of rotatable bonds is 4. The fourth-order valence-electron chi connectivity index (χ4n) is 7.69. The summed E-state index contributed by atoms with van der Waals surface area (Å²) in [6.45, 7) is 2.04. The van der Waals surface area contributed by atoms with Crippen LogP contribution in [0.15, 0.2) is 36.4 Å². The Balaban J connectivity index is 1.37. The third-order valence-electron chi connectivity index (χ3n) is 10.1. The topological polar surface area (TPSA) is 119 Å². The summed E-state index contributed by atoms with van der Waals surface area (Å²) in [6, 6.07) is 11.3. The summed E-state index contributed by atoms with van der Waals surface area (Å²) in [4.78, 5) is 15.5. The van der Waals surface area contributed by atoms with Crippen molar-refractivity contribution in [2.45, 2.75) is 69.3 Å². The predicted octanol–water partition coefficient (Wildman–Crippen LogP) is 4.90. The molecule has 6 rings (SSSR count). The first-order valence-electron chi connectivity index (χ1n) is 16.1. The second-order valence-corrected chi connectivity index (χ2v) is 18.0. The molecule has 1 amide bonds. The minimum atomic E-state index is -3.81. The molecule has 2 bridgehead atoms. The molecule has 0 saturated heterocycles. The van der Waals surface area contributed by atoms with Gasteiger partial charge in [-0.25, -0.2) is 21.6 Å². The molecule has 1 spiro atoms. The Bertz CT molecular complexity index is 1650. The van der Waals surface area contributed by atoms with E-state index in [2.05, 4.69) is 21.8 Å². The lowest BCUT2D eigenvalue weighted by Gasteiger charge is -2.46. The van der Waals surface area contributed by atoms with E-state index in [0.29, 0.717) is 37.7 Å². The van der Waals surface area contributed by atoms with Crippen LogP contribution in [0.1, 0.15) is 72.9 Å². The molecule has 9 nitrogen and oxygen atoms in total. The smallest absolute Gasteiger partial charge is 0.264 e. The van der Waals surface area contributed by atoms with E-state index in [9.17, 15) is 21.6 Å². The number of anilines is 1. The zero-order valence-electron chi connectivity index (χ0n) is 25.8. The van der Waals surface area contributed by atoms with Gasteiger partial charge in [0.15, 0.2) is 0 Å². The van der Waals surface area contributed by atoms with E-state index in [1.165, 1.54) is 17.4 Å². The number of hydrogen-bond donors (Lipinski definition) is 1. The fraction of sp³-hybridized carbons (Fsp3) is 0.606. The maximum atomic E-state index is 13.2. The number of sulfonamides is 1. The zero-order valence-corrected chi connectivity index (χ0v) is 28.2. The van der Waals surface area contributed by atoms with E-state index in [0.717, 1.165) is 62.2 Å². The minimum Gasteiger partial charge on any atom is -0.490 e. The number of carbonyl (C=O) groups excluding carboxylic acids is 1. The average molecular weight is 679 g/mol. The van der Waals surface area contributed by atoms with Gasteiger partial charge in [0, 0.05) is 35.3 Å². The molecule has 246 valence electrons. The van der Waals surface area contributed by atoms with Crippen LogP contribution in [0.4, 0.5) is 5.69 Å². The highest BCUT2D eigenvalue weighted by molar-refractivity contribution is 7.90. The van der Waals surface area contributed by atoms with E-state index in [-0.39, 0.29) is 41.1 Å². The lowest BCUT2D eigenvalue weighted by Crippen LogP contribution is -2.50. The van der Waals surface area contributed by atoms with Crippen LogP contribution >= 0.6 is 11.6 Å². The Kier molecular flexibility index (Phi) is 9.45. The molecule has 0 radical (unpaired) electrons. The van der Waals surface area contributed by atoms with Crippen LogP contribution in [0.5, 0.6) is 5.75 Å². The van der Waals surface area contributed by atoms with Gasteiger partial charge in [0.05, 0.1) is 36.5 Å². The SMILES string of the molecule is CS(=O)(=O)CCO[C@@H]1CCCCCS(=O)(=O)NC(=O)c2ccc3c(c2)N(C[C@@H]2CC[C@H]21)C[C@@]1(CCCc2cc(Cl)ccc21)CO3. The van der Waals surface area contributed by atoms with Gasteiger partial charge in [-0.2, -0.15) is 0 Å². The molecule has 1 fully saturated rings. The van der Waals surface area contributed by atoms with E-state index >= 15 is 0 Å². The number of amides is 1. The molecule has 2 aromatic rings. The first-order chi connectivity index (χ1) is 21.4. The molecule has 45 heavy (non-hydrogen) atoms. The number of nitrogens with zero attached hydrogens (tertiary/aromatic N) is 1. The molecule has 2 heterocycles. The van der Waals surface area contributed by atoms with Crippen LogP contribution in [-0.2, 0) is 36.4 Å². The Hall–Kier alpha value is -2.34. The van der Waals surface area contributed by atoms with E-state index in [4.69, 9.17) is 21.1 Å². The van der Waals surface area contributed by atoms with Crippen LogP contribution in [0, 0.1) is 11.8 Å². The predicted molar refractivity (Wildman–Crippen MR) is 176 cm³/mol. The number of halogens is 1. The second-order valence-electron chi connectivity index (χ2n) is 13.4. The Labute approximate surface area is 272 Å². The van der Waals surface area contributed by atoms with Crippen molar-refractivity contribution in [1.29, 1.82) is 0 Å². The standard InChI is InChI=1S/C33H43ClN2O7S2/c1-44(38,39)17-15-42-30-7-3-2-4-16-45(40,41)35-32(37)24-9-13-31-29(19-24)36(20-25-8-11-27(25)30)21-33(22-43-31)14-5-6-23-18-26(34)10-12-28(23)33/h9-10,12-13,18-19,25,27,30H,2-8,11,14-17,20-22H2,1H3,(H,35,37)/t25-,27+,30+,33-/m0/s1. The molecule has 2 aromatic carbocycles. The minimum absolute atomic E-state index is 0.0234. The maximum Gasteiger partial charge on any atom is 0.264 e. The molecule has 2 aliphatic carbocycles. The zero-order chi connectivity index (χ0) is 31.8. The van der Waals surface area contributed by atoms with Crippen LogP contribution in [0.3, 0.4) is 0 Å². The van der Waals surface area contributed by atoms with E-state index in [1.54, 1.807) is 18.2 Å². The van der Waals surface area contributed by atoms with Crippen molar-refractivity contribution >= 4 is 43.1 Å². The van der Waals surface area contributed by atoms with E-state index < -0.39 is 25.8 Å². The first kappa shape index (κ1) is 32.6. The lowest BCUT2D eigenvalue weighted by atomic mass is 9.68. The van der Waals surface area contributed by atoms with Gasteiger partial charge in [0.1, 0.15) is 15.6 Å². The van der Waals surface area contributed by atoms with Crippen molar-refractivity contribution in [3.05, 3.63) is 58.1 Å². The van der Waals surface area contributed by atoms with Gasteiger partial charge < -0.3 is 14.4 Å². The summed E-state index contributed by atoms with van der Waals surface area (Å²) in [5.74, 6) is 0.442. The molecule has 1 saturated carbocycles. The van der Waals surface area contributed by atoms with Crippen molar-refractivity contribution in [3.63, 3.8) is 0 Å². The number of nitrogens with one attached hydrogen (secondary N) is 1. The number of carbonyl (C=O) groups is 1. The number of benzene rings is 2. The molecule has 0 aromatic heterocycles. The van der Waals surface area contributed by atoms with Crippen molar-refractivity contribution in [2.24, 2.45) is 11.8 Å². The van der Waals surface area contributed by atoms with Crippen molar-refractivity contribution < 1.29 is 31.1 Å². The highest BCUT2D eigenvalue weighted by Crippen LogP contribution is 2.47. The van der Waals surface area contributed by atoms with Crippen LogP contribution < -0.4 is 14.4 Å². The van der Waals surface area contributed by atoms with Gasteiger partial charge in [0.2, 0.25) is 10.0 Å². The van der Waals surface area contributed by atoms with Gasteiger partial charge in [-0.15, -0.1) is 0 Å². The van der Waals surface area contributed by atoms with Crippen LogP contribution in [0.2, 0.25) is 5.02 Å². The lowest BCUT2D eigenvalue weighted by molar-refractivity contribution is -0.0416. The normalized spacial score (nSPS) is 28.5. The summed E-state index contributed by atoms with van der Waals surface area (Å²) >= 11 is 6.41. The van der Waals surface area contributed by atoms with Gasteiger partial charge in [0.25, 0.3) is 5.91 Å². The van der Waals surface area contributed by atoms with Gasteiger partial charge in [-0.3, -0.25) is 4.79 Å².